The van der Waals surface area contributed by atoms with Crippen molar-refractivity contribution in [2.45, 2.75) is 117 Å². The van der Waals surface area contributed by atoms with Crippen LogP contribution in [0.1, 0.15) is 120 Å². The van der Waals surface area contributed by atoms with Gasteiger partial charge in [0.2, 0.25) is 5.91 Å². The molecule has 2 fully saturated rings. The molecule has 1 aromatic heterocycles. The van der Waals surface area contributed by atoms with Gasteiger partial charge in [-0.05, 0) is 160 Å². The van der Waals surface area contributed by atoms with Crippen LogP contribution in [0.15, 0.2) is 102 Å². The largest absolute Gasteiger partial charge is 0.491 e. The predicted octanol–water partition coefficient (Wildman–Crippen LogP) is 12.6. The molecule has 95 heavy (non-hydrogen) atoms. The van der Waals surface area contributed by atoms with Crippen LogP contribution < -0.4 is 36.1 Å². The minimum Gasteiger partial charge on any atom is -0.491 e. The molecular formula is C73H88Cl2F2N6O12. The summed E-state index contributed by atoms with van der Waals surface area (Å²) in [6.07, 6.45) is 2.67. The molecule has 2 aliphatic rings. The van der Waals surface area contributed by atoms with E-state index in [2.05, 4.69) is 45.1 Å². The number of rotatable bonds is 35. The van der Waals surface area contributed by atoms with Crippen LogP contribution in [0.2, 0.25) is 10.0 Å². The van der Waals surface area contributed by atoms with E-state index < -0.39 is 46.4 Å². The second-order valence-corrected chi connectivity index (χ2v) is 25.9. The number of hydrogen-bond donors (Lipinski definition) is 4. The SMILES string of the molecule is CCN(c1cc(-c2ccc(OCCOCCOCCOCCOCCOCCNOc3cc(C(C)=O)ccc3NC(=O)C3N[C@@H](CC(C)(C)C)[C@](C#N)(c4ccc(Cl)cc4F)C3c3cccc(Cl)c3F)cc2)cc(C(=O)CCc2c(C)cc(C)[nH]c2=O)c1C)C1CCOCC1. The number of aromatic amines is 1. The molecule has 4 N–H and O–H groups in total. The molecular weight excluding hydrogens is 1260 g/mol. The van der Waals surface area contributed by atoms with Crippen LogP contribution in [0, 0.1) is 49.2 Å². The highest BCUT2D eigenvalue weighted by Gasteiger charge is 2.61. The van der Waals surface area contributed by atoms with Crippen LogP contribution in [0.3, 0.4) is 0 Å². The van der Waals surface area contributed by atoms with E-state index in [0.717, 1.165) is 59.1 Å². The number of amides is 1. The smallest absolute Gasteiger partial charge is 0.251 e. The van der Waals surface area contributed by atoms with Crippen molar-refractivity contribution in [3.63, 3.8) is 0 Å². The highest BCUT2D eigenvalue weighted by Crippen LogP contribution is 2.53. The summed E-state index contributed by atoms with van der Waals surface area (Å²) in [4.78, 5) is 65.3. The van der Waals surface area contributed by atoms with Crippen molar-refractivity contribution >= 4 is 52.1 Å². The Bertz CT molecular complexity index is 3690. The quantitative estimate of drug-likeness (QED) is 0.0165. The summed E-state index contributed by atoms with van der Waals surface area (Å²) in [5.74, 6) is -3.10. The summed E-state index contributed by atoms with van der Waals surface area (Å²) in [5, 5.41) is 17.3. The summed E-state index contributed by atoms with van der Waals surface area (Å²) in [6, 6.07) is 27.2. The normalized spacial score (nSPS) is 17.4. The zero-order chi connectivity index (χ0) is 68.2. The second-order valence-electron chi connectivity index (χ2n) is 25.0. The first-order chi connectivity index (χ1) is 45.6. The third-order valence-electron chi connectivity index (χ3n) is 17.1. The van der Waals surface area contributed by atoms with Crippen molar-refractivity contribution in [3.8, 4) is 28.7 Å². The third kappa shape index (κ3) is 19.6. The zero-order valence-corrected chi connectivity index (χ0v) is 57.0. The van der Waals surface area contributed by atoms with E-state index in [-0.39, 0.29) is 82.3 Å². The van der Waals surface area contributed by atoms with Crippen molar-refractivity contribution in [3.05, 3.63) is 174 Å². The number of hydrogen-bond acceptors (Lipinski definition) is 16. The maximum Gasteiger partial charge on any atom is 0.251 e. The molecule has 3 heterocycles. The number of nitriles is 1. The molecule has 510 valence electrons. The first kappa shape index (κ1) is 73.7. The zero-order valence-electron chi connectivity index (χ0n) is 55.5. The average Bonchev–Trinajstić information content (AvgIpc) is 1.58. The standard InChI is InChI=1S/C73H88Cl2F2N6O12/c1-9-83(54-23-26-88-27-24-54)63-41-52(40-58(48(63)4)64(85)22-19-56-46(2)39-47(3)80-70(56)86)50-13-17-55(18-14-50)94-38-37-93-36-35-92-34-33-91-32-31-90-30-29-89-28-25-79-95-65-42-51(49(5)84)15-21-62(65)81-71(87)69-67(57-11-10-12-60(75)68(57)77)73(45-78,66(82-69)44-72(6,7)8)59-20-16-53(74)43-61(59)76/h10-18,20-21,39-43,54,66-67,69,79,82H,9,19,22-38,44H2,1-8H3,(H,80,86)(H,81,87)/t66-,67?,69?,73-/m0/s1. The van der Waals surface area contributed by atoms with Gasteiger partial charge in [0.15, 0.2) is 17.3 Å². The van der Waals surface area contributed by atoms with E-state index in [1.165, 1.54) is 55.5 Å². The topological polar surface area (TPSA) is 221 Å². The minimum absolute atomic E-state index is 0.00280. The van der Waals surface area contributed by atoms with E-state index in [1.54, 1.807) is 0 Å². The van der Waals surface area contributed by atoms with Crippen LogP contribution in [-0.2, 0) is 45.1 Å². The predicted molar refractivity (Wildman–Crippen MR) is 364 cm³/mol. The van der Waals surface area contributed by atoms with Gasteiger partial charge in [-0.1, -0.05) is 74.3 Å². The fourth-order valence-corrected chi connectivity index (χ4v) is 12.9. The summed E-state index contributed by atoms with van der Waals surface area (Å²) >= 11 is 12.5. The monoisotopic (exact) mass is 1350 g/mol. The van der Waals surface area contributed by atoms with Crippen LogP contribution in [0.25, 0.3) is 11.1 Å². The number of aromatic nitrogens is 1. The number of pyridine rings is 1. The highest BCUT2D eigenvalue weighted by atomic mass is 35.5. The summed E-state index contributed by atoms with van der Waals surface area (Å²) < 4.78 is 72.5. The molecule has 0 spiro atoms. The number of hydroxylamine groups is 1. The van der Waals surface area contributed by atoms with E-state index >= 15 is 8.78 Å². The number of carbonyl (C=O) groups excluding carboxylic acids is 3. The molecule has 2 saturated heterocycles. The van der Waals surface area contributed by atoms with Gasteiger partial charge in [-0.3, -0.25) is 19.2 Å². The van der Waals surface area contributed by atoms with Gasteiger partial charge >= 0.3 is 0 Å². The Morgan fingerprint density at radius 2 is 1.45 bits per heavy atom. The molecule has 22 heteroatoms. The molecule has 8 rings (SSSR count). The average molecular weight is 1350 g/mol. The maximum atomic E-state index is 16.3. The molecule has 5 aromatic carbocycles. The lowest BCUT2D eigenvalue weighted by Gasteiger charge is -2.37. The second kappa shape index (κ2) is 35.2. The van der Waals surface area contributed by atoms with Crippen molar-refractivity contribution in [1.29, 1.82) is 5.26 Å². The van der Waals surface area contributed by atoms with Crippen molar-refractivity contribution < 1.29 is 61.2 Å². The van der Waals surface area contributed by atoms with E-state index in [4.69, 9.17) is 61.2 Å². The number of benzene rings is 5. The molecule has 2 aliphatic heterocycles. The number of Topliss-reactive ketones (excluding diaryl/α,β-unsaturated/α-hetero) is 2. The van der Waals surface area contributed by atoms with Crippen molar-refractivity contribution in [2.75, 3.05) is 109 Å². The summed E-state index contributed by atoms with van der Waals surface area (Å²) in [7, 11) is 0. The Balaban J connectivity index is 0.716. The number of H-pyrrole nitrogens is 1. The first-order valence-electron chi connectivity index (χ1n) is 32.4. The molecule has 2 unspecified atom stereocenters. The lowest BCUT2D eigenvalue weighted by atomic mass is 9.62. The molecule has 0 radical (unpaired) electrons. The van der Waals surface area contributed by atoms with Gasteiger partial charge in [0.05, 0.1) is 95.4 Å². The number of aryl methyl sites for hydroxylation is 2. The molecule has 0 aliphatic carbocycles. The molecule has 1 amide bonds. The van der Waals surface area contributed by atoms with Gasteiger partial charge in [-0.15, -0.1) is 0 Å². The Morgan fingerprint density at radius 3 is 2.06 bits per heavy atom. The van der Waals surface area contributed by atoms with E-state index in [1.807, 2.05) is 77.9 Å². The van der Waals surface area contributed by atoms with Crippen LogP contribution in [0.5, 0.6) is 11.5 Å². The Kier molecular flexibility index (Phi) is 27.3. The summed E-state index contributed by atoms with van der Waals surface area (Å²) in [6.45, 7) is 21.3. The van der Waals surface area contributed by atoms with Crippen molar-refractivity contribution in [1.82, 2.24) is 15.8 Å². The fraction of sp³-hybridized carbons (Fsp3) is 0.466. The van der Waals surface area contributed by atoms with Gasteiger partial charge in [-0.25, -0.2) is 8.78 Å². The lowest BCUT2D eigenvalue weighted by molar-refractivity contribution is -0.118. The van der Waals surface area contributed by atoms with Gasteiger partial charge < -0.3 is 58.5 Å². The molecule has 6 aromatic rings. The number of anilines is 2. The first-order valence-corrected chi connectivity index (χ1v) is 33.2. The Morgan fingerprint density at radius 1 is 0.800 bits per heavy atom. The molecule has 0 bridgehead atoms. The highest BCUT2D eigenvalue weighted by molar-refractivity contribution is 6.31. The summed E-state index contributed by atoms with van der Waals surface area (Å²) in [5.41, 5.74) is 7.54. The molecule has 18 nitrogen and oxygen atoms in total. The fourth-order valence-electron chi connectivity index (χ4n) is 12.5. The number of ether oxygens (including phenoxy) is 7. The Hall–Kier alpha value is -7.13. The lowest BCUT2D eigenvalue weighted by Crippen LogP contribution is -2.45. The number of nitrogens with zero attached hydrogens (tertiary/aromatic N) is 2. The van der Waals surface area contributed by atoms with Crippen LogP contribution in [0.4, 0.5) is 20.2 Å². The van der Waals surface area contributed by atoms with Gasteiger partial charge in [0.25, 0.3) is 5.56 Å². The number of nitrogens with one attached hydrogen (secondary N) is 4. The van der Waals surface area contributed by atoms with Crippen LogP contribution in [-0.4, -0.2) is 140 Å². The van der Waals surface area contributed by atoms with E-state index in [9.17, 15) is 24.4 Å². The van der Waals surface area contributed by atoms with Crippen LogP contribution >= 0.6 is 23.2 Å². The third-order valence-corrected chi connectivity index (χ3v) is 17.7. The number of halogens is 4. The van der Waals surface area contributed by atoms with Gasteiger partial charge in [0.1, 0.15) is 29.4 Å². The maximum absolute atomic E-state index is 16.3. The van der Waals surface area contributed by atoms with Crippen molar-refractivity contribution in [2.24, 2.45) is 5.41 Å². The number of ketones is 2. The minimum atomic E-state index is -1.84. The molecule has 0 saturated carbocycles. The Labute approximate surface area is 565 Å². The van der Waals surface area contributed by atoms with Gasteiger partial charge in [0, 0.05) is 82.8 Å². The number of carbonyl (C=O) groups is 3. The molecule has 4 atom stereocenters. The van der Waals surface area contributed by atoms with Gasteiger partial charge in [-0.2, -0.15) is 10.7 Å². The van der Waals surface area contributed by atoms with E-state index in [0.29, 0.717) is 108 Å².